The molecule has 0 aromatic heterocycles. The molecule has 11 nitrogen and oxygen atoms in total. The molecule has 5 rings (SSSR count). The van der Waals surface area contributed by atoms with Crippen LogP contribution < -0.4 is 5.12 Å². The van der Waals surface area contributed by atoms with Gasteiger partial charge in [-0.15, -0.1) is 0 Å². The van der Waals surface area contributed by atoms with E-state index in [1.54, 1.807) is 12.1 Å². The van der Waals surface area contributed by atoms with Crippen LogP contribution in [0.3, 0.4) is 0 Å². The third-order valence-corrected chi connectivity index (χ3v) is 5.85. The molecule has 0 radical (unpaired) electrons. The van der Waals surface area contributed by atoms with Gasteiger partial charge in [-0.05, 0) is 24.3 Å². The largest absolute Gasteiger partial charge is 0.437 e. The third-order valence-electron chi connectivity index (χ3n) is 5.85. The minimum Gasteiger partial charge on any atom is -0.437 e. The van der Waals surface area contributed by atoms with Crippen LogP contribution in [0.25, 0.3) is 5.43 Å². The maximum atomic E-state index is 11.2. The van der Waals surface area contributed by atoms with Gasteiger partial charge in [0.05, 0.1) is 9.85 Å². The van der Waals surface area contributed by atoms with Crippen LogP contribution in [-0.2, 0) is 10.6 Å². The summed E-state index contributed by atoms with van der Waals surface area (Å²) in [6, 6.07) is 30.0. The molecule has 188 valence electrons. The predicted octanol–water partition coefficient (Wildman–Crippen LogP) is 5.85. The number of nitrogens with zero attached hydrogens (tertiary/aromatic N) is 6. The zero-order chi connectivity index (χ0) is 26.7. The van der Waals surface area contributed by atoms with E-state index in [-0.39, 0.29) is 17.3 Å². The minimum atomic E-state index is -1.61. The van der Waals surface area contributed by atoms with Crippen molar-refractivity contribution in [3.63, 3.8) is 0 Å². The number of non-ortho nitro benzene ring substituents is 2. The highest BCUT2D eigenvalue weighted by atomic mass is 16.6. The summed E-state index contributed by atoms with van der Waals surface area (Å²) in [5.74, 6) is -1.38. The highest BCUT2D eigenvalue weighted by Gasteiger charge is 2.42. The van der Waals surface area contributed by atoms with Crippen LogP contribution >= 0.6 is 0 Å². The van der Waals surface area contributed by atoms with Crippen LogP contribution in [0.5, 0.6) is 0 Å². The second kappa shape index (κ2) is 9.91. The van der Waals surface area contributed by atoms with E-state index in [0.29, 0.717) is 22.5 Å². The summed E-state index contributed by atoms with van der Waals surface area (Å²) in [5, 5.41) is 28.3. The highest BCUT2D eigenvalue weighted by molar-refractivity contribution is 5.96. The molecule has 0 saturated carbocycles. The number of nitro groups is 2. The number of hydrogen-bond donors (Lipinski definition) is 0. The molecule has 0 saturated heterocycles. The van der Waals surface area contributed by atoms with Gasteiger partial charge in [0, 0.05) is 53.2 Å². The molecule has 11 heteroatoms. The fourth-order valence-corrected chi connectivity index (χ4v) is 3.90. The first-order chi connectivity index (χ1) is 18.4. The number of ether oxygens (including phenoxy) is 1. The topological polar surface area (TPSA) is 128 Å². The maximum absolute atomic E-state index is 11.2. The molecule has 0 spiro atoms. The van der Waals surface area contributed by atoms with Crippen molar-refractivity contribution in [2.75, 3.05) is 5.12 Å². The first-order valence-corrected chi connectivity index (χ1v) is 11.4. The summed E-state index contributed by atoms with van der Waals surface area (Å²) in [7, 11) is 0. The Morgan fingerprint density at radius 3 is 1.79 bits per heavy atom. The highest BCUT2D eigenvalue weighted by Crippen LogP contribution is 2.43. The van der Waals surface area contributed by atoms with Crippen LogP contribution in [0.2, 0.25) is 0 Å². The molecule has 1 aliphatic rings. The van der Waals surface area contributed by atoms with E-state index in [1.807, 2.05) is 60.7 Å². The number of hydrogen-bond acceptors (Lipinski definition) is 7. The molecule has 0 bridgehead atoms. The molecule has 1 heterocycles. The summed E-state index contributed by atoms with van der Waals surface area (Å²) in [4.78, 5) is 21.4. The molecule has 0 amide bonds. The lowest BCUT2D eigenvalue weighted by molar-refractivity contribution is -0.580. The summed E-state index contributed by atoms with van der Waals surface area (Å²) in [6.45, 7) is 4.22. The van der Waals surface area contributed by atoms with E-state index >= 15 is 0 Å². The van der Waals surface area contributed by atoms with Crippen molar-refractivity contribution >= 4 is 35.4 Å². The zero-order valence-electron chi connectivity index (χ0n) is 19.8. The van der Waals surface area contributed by atoms with Crippen LogP contribution in [0, 0.1) is 20.2 Å². The van der Waals surface area contributed by atoms with Gasteiger partial charge in [0.15, 0.2) is 0 Å². The number of hydrazone groups is 1. The van der Waals surface area contributed by atoms with Gasteiger partial charge in [0.25, 0.3) is 17.2 Å². The van der Waals surface area contributed by atoms with Gasteiger partial charge in [0.2, 0.25) is 11.6 Å². The van der Waals surface area contributed by atoms with Crippen molar-refractivity contribution in [3.8, 4) is 0 Å². The summed E-state index contributed by atoms with van der Waals surface area (Å²) in [6.07, 6.45) is 0. The second-order valence-electron chi connectivity index (χ2n) is 8.21. The predicted molar refractivity (Wildman–Crippen MR) is 141 cm³/mol. The fraction of sp³-hybridized carbons (Fsp3) is 0.0370. The molecule has 0 N–H and O–H groups in total. The average molecular weight is 508 g/mol. The van der Waals surface area contributed by atoms with E-state index in [1.165, 1.54) is 46.1 Å². The first-order valence-electron chi connectivity index (χ1n) is 11.4. The molecular formula is C27H20N6O5. The molecule has 1 unspecified atom stereocenters. The van der Waals surface area contributed by atoms with E-state index < -0.39 is 15.7 Å². The van der Waals surface area contributed by atoms with Crippen molar-refractivity contribution in [2.24, 2.45) is 5.10 Å². The molecule has 0 fully saturated rings. The van der Waals surface area contributed by atoms with Gasteiger partial charge in [0.1, 0.15) is 6.72 Å². The van der Waals surface area contributed by atoms with E-state index in [9.17, 15) is 20.2 Å². The Labute approximate surface area is 216 Å². The summed E-state index contributed by atoms with van der Waals surface area (Å²) in [5.41, 5.74) is 6.87. The number of rotatable bonds is 7. The average Bonchev–Trinajstić information content (AvgIpc) is 2.97. The summed E-state index contributed by atoms with van der Waals surface area (Å²) < 4.78 is 8.02. The third kappa shape index (κ3) is 4.56. The zero-order valence-corrected chi connectivity index (χ0v) is 19.8. The lowest BCUT2D eigenvalue weighted by atomic mass is 10.1. The molecule has 1 atom stereocenters. The number of benzene rings is 4. The van der Waals surface area contributed by atoms with Crippen LogP contribution in [-0.4, -0.2) is 27.0 Å². The van der Waals surface area contributed by atoms with Gasteiger partial charge < -0.3 is 15.3 Å². The standard InChI is InChI=1S/C27H20N6O5/c1-30(22-12-16-24(17-13-22)32(34)35)27(21-10-6-3-7-11-21)29-31(23-14-18-25(19-15-23)33(36)37)28-26(38-27)20-8-4-2-5-9-20/h2-19H,1H2. The van der Waals surface area contributed by atoms with Gasteiger partial charge >= 0.3 is 0 Å². The smallest absolute Gasteiger partial charge is 0.282 e. The first kappa shape index (κ1) is 24.3. The monoisotopic (exact) mass is 508 g/mol. The van der Waals surface area contributed by atoms with Gasteiger partial charge in [-0.25, -0.2) is 0 Å². The molecule has 4 aromatic carbocycles. The van der Waals surface area contributed by atoms with E-state index in [4.69, 9.17) is 10.2 Å². The lowest BCUT2D eigenvalue weighted by Gasteiger charge is -2.49. The Kier molecular flexibility index (Phi) is 6.33. The molecule has 38 heavy (non-hydrogen) atoms. The molecule has 0 aliphatic carbocycles. The van der Waals surface area contributed by atoms with E-state index in [0.717, 1.165) is 0 Å². The molecular weight excluding hydrogens is 488 g/mol. The van der Waals surface area contributed by atoms with Crippen molar-refractivity contribution in [1.82, 2.24) is 0 Å². The van der Waals surface area contributed by atoms with Crippen LogP contribution in [0.15, 0.2) is 114 Å². The van der Waals surface area contributed by atoms with Gasteiger partial charge in [-0.1, -0.05) is 48.5 Å². The van der Waals surface area contributed by atoms with Crippen molar-refractivity contribution < 1.29 is 19.2 Å². The Bertz CT molecular complexity index is 1530. The quantitative estimate of drug-likeness (QED) is 0.133. The number of anilines is 1. The fourth-order valence-electron chi connectivity index (χ4n) is 3.90. The van der Waals surface area contributed by atoms with Crippen LogP contribution in [0.4, 0.5) is 22.7 Å². The Morgan fingerprint density at radius 2 is 1.24 bits per heavy atom. The minimum absolute atomic E-state index is 0.0727. The Morgan fingerprint density at radius 1 is 0.737 bits per heavy atom. The normalized spacial score (nSPS) is 16.7. The van der Waals surface area contributed by atoms with E-state index in [2.05, 4.69) is 11.8 Å². The van der Waals surface area contributed by atoms with Gasteiger partial charge in [-0.2, -0.15) is 9.68 Å². The molecule has 4 aromatic rings. The maximum Gasteiger partial charge on any atom is 0.282 e. The number of nitro benzene ring substituents is 2. The Balaban J connectivity index is 1.67. The Hall–Kier alpha value is -5.42. The SMILES string of the molecule is C=[N+](c1ccc([N+](=O)[O-])cc1)C1(c2ccccc2)[N-]N(c2ccc([N+](=O)[O-])cc2)N=C(c2ccccc2)O1. The van der Waals surface area contributed by atoms with Crippen LogP contribution in [0.1, 0.15) is 11.1 Å². The van der Waals surface area contributed by atoms with Crippen molar-refractivity contribution in [3.05, 3.63) is 146 Å². The van der Waals surface area contributed by atoms with Gasteiger partial charge in [-0.3, -0.25) is 20.2 Å². The van der Waals surface area contributed by atoms with Crippen molar-refractivity contribution in [2.45, 2.75) is 5.85 Å². The second-order valence-corrected chi connectivity index (χ2v) is 8.21. The summed E-state index contributed by atoms with van der Waals surface area (Å²) >= 11 is 0. The lowest BCUT2D eigenvalue weighted by Crippen LogP contribution is -2.47. The molecule has 1 aliphatic heterocycles. The van der Waals surface area contributed by atoms with Crippen molar-refractivity contribution in [1.29, 1.82) is 0 Å².